The van der Waals surface area contributed by atoms with Gasteiger partial charge < -0.3 is 10.5 Å². The summed E-state index contributed by atoms with van der Waals surface area (Å²) in [4.78, 5) is 11.9. The molecule has 2 N–H and O–H groups in total. The highest BCUT2D eigenvalue weighted by atomic mass is 16.5. The second-order valence-electron chi connectivity index (χ2n) is 3.74. The fourth-order valence-corrected chi connectivity index (χ4v) is 1.28. The standard InChI is InChI=1S/C12H17NO2/c1-8(9(2)13)12(14)10-5-4-6-11(7-10)15-3/h4-9H,13H2,1-3H3. The van der Waals surface area contributed by atoms with Gasteiger partial charge in [-0.15, -0.1) is 0 Å². The number of methoxy groups -OCH3 is 1. The highest BCUT2D eigenvalue weighted by Crippen LogP contribution is 2.17. The summed E-state index contributed by atoms with van der Waals surface area (Å²) in [7, 11) is 1.58. The van der Waals surface area contributed by atoms with Crippen LogP contribution < -0.4 is 10.5 Å². The molecule has 0 radical (unpaired) electrons. The molecular weight excluding hydrogens is 190 g/mol. The molecule has 0 saturated carbocycles. The number of ether oxygens (including phenoxy) is 1. The maximum atomic E-state index is 11.9. The normalized spacial score (nSPS) is 14.4. The lowest BCUT2D eigenvalue weighted by Crippen LogP contribution is -2.30. The fraction of sp³-hybridized carbons (Fsp3) is 0.417. The number of hydrogen-bond donors (Lipinski definition) is 1. The van der Waals surface area contributed by atoms with Gasteiger partial charge in [-0.3, -0.25) is 4.79 Å². The van der Waals surface area contributed by atoms with Gasteiger partial charge in [-0.05, 0) is 19.1 Å². The number of Topliss-reactive ketones (excluding diaryl/α,β-unsaturated/α-hetero) is 1. The van der Waals surface area contributed by atoms with Gasteiger partial charge in [-0.1, -0.05) is 19.1 Å². The summed E-state index contributed by atoms with van der Waals surface area (Å²) < 4.78 is 5.06. The first-order valence-electron chi connectivity index (χ1n) is 5.00. The van der Waals surface area contributed by atoms with Gasteiger partial charge in [0.1, 0.15) is 5.75 Å². The van der Waals surface area contributed by atoms with Gasteiger partial charge in [0.05, 0.1) is 7.11 Å². The molecule has 0 aromatic heterocycles. The van der Waals surface area contributed by atoms with Crippen LogP contribution in [0.15, 0.2) is 24.3 Å². The van der Waals surface area contributed by atoms with Crippen molar-refractivity contribution in [1.29, 1.82) is 0 Å². The predicted molar refractivity (Wildman–Crippen MR) is 60.1 cm³/mol. The third-order valence-corrected chi connectivity index (χ3v) is 2.56. The maximum Gasteiger partial charge on any atom is 0.167 e. The highest BCUT2D eigenvalue weighted by Gasteiger charge is 2.18. The maximum absolute atomic E-state index is 11.9. The quantitative estimate of drug-likeness (QED) is 0.767. The molecule has 0 saturated heterocycles. The summed E-state index contributed by atoms with van der Waals surface area (Å²) in [5.74, 6) is 0.582. The Balaban J connectivity index is 2.91. The zero-order chi connectivity index (χ0) is 11.4. The first-order valence-corrected chi connectivity index (χ1v) is 5.00. The Hall–Kier alpha value is -1.35. The van der Waals surface area contributed by atoms with E-state index in [0.29, 0.717) is 11.3 Å². The van der Waals surface area contributed by atoms with Crippen LogP contribution in [-0.4, -0.2) is 18.9 Å². The largest absolute Gasteiger partial charge is 0.497 e. The Morgan fingerprint density at radius 2 is 2.07 bits per heavy atom. The number of rotatable bonds is 4. The Labute approximate surface area is 90.2 Å². The number of nitrogens with two attached hydrogens (primary N) is 1. The van der Waals surface area contributed by atoms with E-state index in [-0.39, 0.29) is 17.7 Å². The Kier molecular flexibility index (Phi) is 3.86. The SMILES string of the molecule is COc1cccc(C(=O)C(C)C(C)N)c1. The minimum atomic E-state index is -0.169. The van der Waals surface area contributed by atoms with Crippen LogP contribution >= 0.6 is 0 Å². The molecule has 1 aromatic carbocycles. The van der Waals surface area contributed by atoms with E-state index in [1.165, 1.54) is 0 Å². The molecule has 0 aliphatic rings. The van der Waals surface area contributed by atoms with Crippen LogP contribution in [0.3, 0.4) is 0 Å². The smallest absolute Gasteiger partial charge is 0.167 e. The molecule has 0 aliphatic carbocycles. The Morgan fingerprint density at radius 3 is 2.60 bits per heavy atom. The molecule has 0 amide bonds. The van der Waals surface area contributed by atoms with Crippen molar-refractivity contribution in [2.24, 2.45) is 11.7 Å². The second-order valence-corrected chi connectivity index (χ2v) is 3.74. The van der Waals surface area contributed by atoms with E-state index in [1.807, 2.05) is 19.9 Å². The lowest BCUT2D eigenvalue weighted by Gasteiger charge is -2.14. The topological polar surface area (TPSA) is 52.3 Å². The molecule has 1 aromatic rings. The summed E-state index contributed by atoms with van der Waals surface area (Å²) in [6.07, 6.45) is 0. The van der Waals surface area contributed by atoms with E-state index in [9.17, 15) is 4.79 Å². The summed E-state index contributed by atoms with van der Waals surface area (Å²) in [5, 5.41) is 0. The van der Waals surface area contributed by atoms with E-state index in [1.54, 1.807) is 25.3 Å². The zero-order valence-electron chi connectivity index (χ0n) is 9.36. The molecule has 0 aliphatic heterocycles. The summed E-state index contributed by atoms with van der Waals surface area (Å²) in [5.41, 5.74) is 6.34. The van der Waals surface area contributed by atoms with Crippen molar-refractivity contribution in [3.05, 3.63) is 29.8 Å². The second kappa shape index (κ2) is 4.94. The van der Waals surface area contributed by atoms with Crippen molar-refractivity contribution in [1.82, 2.24) is 0 Å². The first kappa shape index (κ1) is 11.7. The van der Waals surface area contributed by atoms with E-state index < -0.39 is 0 Å². The summed E-state index contributed by atoms with van der Waals surface area (Å²) >= 11 is 0. The van der Waals surface area contributed by atoms with E-state index >= 15 is 0 Å². The first-order chi connectivity index (χ1) is 7.06. The van der Waals surface area contributed by atoms with Crippen molar-refractivity contribution >= 4 is 5.78 Å². The molecule has 0 spiro atoms. The average Bonchev–Trinajstić information content (AvgIpc) is 2.27. The molecule has 0 bridgehead atoms. The molecule has 0 heterocycles. The molecule has 1 rings (SSSR count). The van der Waals surface area contributed by atoms with Gasteiger partial charge in [0.15, 0.2) is 5.78 Å². The summed E-state index contributed by atoms with van der Waals surface area (Å²) in [6, 6.07) is 7.00. The molecule has 0 fully saturated rings. The number of benzene rings is 1. The molecule has 3 nitrogen and oxygen atoms in total. The van der Waals surface area contributed by atoms with Crippen LogP contribution in [-0.2, 0) is 0 Å². The van der Waals surface area contributed by atoms with Crippen molar-refractivity contribution in [3.8, 4) is 5.75 Å². The Bertz CT molecular complexity index is 347. The average molecular weight is 207 g/mol. The van der Waals surface area contributed by atoms with Crippen LogP contribution in [0.25, 0.3) is 0 Å². The van der Waals surface area contributed by atoms with Crippen LogP contribution in [0.2, 0.25) is 0 Å². The molecule has 2 unspecified atom stereocenters. The minimum Gasteiger partial charge on any atom is -0.497 e. The van der Waals surface area contributed by atoms with E-state index in [2.05, 4.69) is 0 Å². The van der Waals surface area contributed by atoms with Crippen molar-refractivity contribution < 1.29 is 9.53 Å². The monoisotopic (exact) mass is 207 g/mol. The Morgan fingerprint density at radius 1 is 1.40 bits per heavy atom. The van der Waals surface area contributed by atoms with Crippen LogP contribution in [0, 0.1) is 5.92 Å². The highest BCUT2D eigenvalue weighted by molar-refractivity contribution is 5.98. The number of ketones is 1. The van der Waals surface area contributed by atoms with Crippen LogP contribution in [0.5, 0.6) is 5.75 Å². The van der Waals surface area contributed by atoms with E-state index in [0.717, 1.165) is 0 Å². The van der Waals surface area contributed by atoms with Crippen LogP contribution in [0.4, 0.5) is 0 Å². The van der Waals surface area contributed by atoms with Gasteiger partial charge >= 0.3 is 0 Å². The molecule has 3 heteroatoms. The van der Waals surface area contributed by atoms with Gasteiger partial charge in [0, 0.05) is 17.5 Å². The van der Waals surface area contributed by atoms with Gasteiger partial charge in [0.2, 0.25) is 0 Å². The zero-order valence-corrected chi connectivity index (χ0v) is 9.36. The molecular formula is C12H17NO2. The third-order valence-electron chi connectivity index (χ3n) is 2.56. The molecule has 82 valence electrons. The molecule has 15 heavy (non-hydrogen) atoms. The predicted octanol–water partition coefficient (Wildman–Crippen LogP) is 1.86. The van der Waals surface area contributed by atoms with Crippen molar-refractivity contribution in [3.63, 3.8) is 0 Å². The van der Waals surface area contributed by atoms with Crippen LogP contribution in [0.1, 0.15) is 24.2 Å². The number of carbonyl (C=O) groups excluding carboxylic acids is 1. The van der Waals surface area contributed by atoms with Crippen molar-refractivity contribution in [2.75, 3.05) is 7.11 Å². The lowest BCUT2D eigenvalue weighted by molar-refractivity contribution is 0.0917. The van der Waals surface area contributed by atoms with E-state index in [4.69, 9.17) is 10.5 Å². The lowest BCUT2D eigenvalue weighted by atomic mass is 9.94. The summed E-state index contributed by atoms with van der Waals surface area (Å²) in [6.45, 7) is 3.68. The number of carbonyl (C=O) groups is 1. The van der Waals surface area contributed by atoms with Gasteiger partial charge in [0.25, 0.3) is 0 Å². The van der Waals surface area contributed by atoms with Crippen molar-refractivity contribution in [2.45, 2.75) is 19.9 Å². The minimum absolute atomic E-state index is 0.0592. The third kappa shape index (κ3) is 2.80. The van der Waals surface area contributed by atoms with Gasteiger partial charge in [-0.25, -0.2) is 0 Å². The fourth-order valence-electron chi connectivity index (χ4n) is 1.28. The molecule has 2 atom stereocenters. The van der Waals surface area contributed by atoms with Gasteiger partial charge in [-0.2, -0.15) is 0 Å². The number of hydrogen-bond acceptors (Lipinski definition) is 3.